The lowest BCUT2D eigenvalue weighted by molar-refractivity contribution is -0.160. The molecule has 6 nitrogen and oxygen atoms in total. The zero-order valence-electron chi connectivity index (χ0n) is 25.1. The minimum atomic E-state index is -0.737. The van der Waals surface area contributed by atoms with E-state index in [0.29, 0.717) is 36.6 Å². The summed E-state index contributed by atoms with van der Waals surface area (Å²) in [7, 11) is 0. The maximum atomic E-state index is 14.3. The van der Waals surface area contributed by atoms with Crippen LogP contribution < -0.4 is 5.32 Å². The number of amides is 1. The molecule has 1 saturated heterocycles. The van der Waals surface area contributed by atoms with Crippen molar-refractivity contribution in [3.63, 3.8) is 0 Å². The first-order chi connectivity index (χ1) is 20.6. The largest absolute Gasteiger partial charge is 0.462 e. The maximum Gasteiger partial charge on any atom is 0.308 e. The summed E-state index contributed by atoms with van der Waals surface area (Å²) in [5.41, 5.74) is 6.45. The van der Waals surface area contributed by atoms with Crippen molar-refractivity contribution in [3.8, 4) is 22.4 Å². The van der Waals surface area contributed by atoms with E-state index in [2.05, 4.69) is 49.7 Å². The number of rotatable bonds is 9. The van der Waals surface area contributed by atoms with Crippen molar-refractivity contribution in [2.45, 2.75) is 77.5 Å². The van der Waals surface area contributed by atoms with Crippen LogP contribution >= 0.6 is 0 Å². The molecule has 0 radical (unpaired) electrons. The third kappa shape index (κ3) is 6.73. The number of para-hydroxylation sites is 1. The Bertz CT molecular complexity index is 1570. The molecule has 5 rings (SSSR count). The number of aromatic nitrogens is 1. The third-order valence-electron chi connectivity index (χ3n) is 8.00. The van der Waals surface area contributed by atoms with Gasteiger partial charge in [0.05, 0.1) is 23.8 Å². The molecule has 2 unspecified atom stereocenters. The Morgan fingerprint density at radius 2 is 1.60 bits per heavy atom. The van der Waals surface area contributed by atoms with E-state index < -0.39 is 18.2 Å². The second-order valence-electron chi connectivity index (χ2n) is 11.9. The van der Waals surface area contributed by atoms with E-state index in [1.54, 1.807) is 12.1 Å². The van der Waals surface area contributed by atoms with Crippen LogP contribution in [0.15, 0.2) is 78.9 Å². The van der Waals surface area contributed by atoms with Crippen molar-refractivity contribution >= 4 is 17.6 Å². The summed E-state index contributed by atoms with van der Waals surface area (Å²) in [6.07, 6.45) is -0.370. The van der Waals surface area contributed by atoms with Gasteiger partial charge in [-0.05, 0) is 64.9 Å². The highest BCUT2D eigenvalue weighted by Gasteiger charge is 2.32. The van der Waals surface area contributed by atoms with Crippen LogP contribution in [0, 0.1) is 5.82 Å². The maximum absolute atomic E-state index is 14.3. The second-order valence-corrected chi connectivity index (χ2v) is 11.9. The van der Waals surface area contributed by atoms with Crippen LogP contribution in [0.1, 0.15) is 80.4 Å². The fraction of sp³-hybridized carbons (Fsp3) is 0.333. The average Bonchev–Trinajstić information content (AvgIpc) is 3.32. The molecule has 1 aromatic heterocycles. The first kappa shape index (κ1) is 30.2. The van der Waals surface area contributed by atoms with Gasteiger partial charge in [0.1, 0.15) is 11.9 Å². The first-order valence-electron chi connectivity index (χ1n) is 15.0. The number of cyclic esters (lactones) is 1. The minimum Gasteiger partial charge on any atom is -0.462 e. The summed E-state index contributed by atoms with van der Waals surface area (Å²) in [4.78, 5) is 26.4. The predicted molar refractivity (Wildman–Crippen MR) is 168 cm³/mol. The smallest absolute Gasteiger partial charge is 0.308 e. The molecule has 1 fully saturated rings. The van der Waals surface area contributed by atoms with Gasteiger partial charge in [0.15, 0.2) is 0 Å². The lowest BCUT2D eigenvalue weighted by Crippen LogP contribution is -2.33. The Labute approximate surface area is 252 Å². The van der Waals surface area contributed by atoms with Crippen molar-refractivity contribution in [1.29, 1.82) is 0 Å². The molecule has 2 atom stereocenters. The monoisotopic (exact) mass is 582 g/mol. The fourth-order valence-corrected chi connectivity index (χ4v) is 5.95. The molecule has 1 aliphatic rings. The van der Waals surface area contributed by atoms with Gasteiger partial charge in [-0.25, -0.2) is 4.39 Å². The number of esters is 1. The van der Waals surface area contributed by atoms with Crippen LogP contribution in [0.4, 0.5) is 10.1 Å². The van der Waals surface area contributed by atoms with Crippen LogP contribution in [0.3, 0.4) is 0 Å². The van der Waals surface area contributed by atoms with Gasteiger partial charge >= 0.3 is 5.97 Å². The van der Waals surface area contributed by atoms with Crippen LogP contribution in [0.25, 0.3) is 22.4 Å². The van der Waals surface area contributed by atoms with E-state index in [-0.39, 0.29) is 24.1 Å². The molecule has 2 N–H and O–H groups in total. The fourth-order valence-electron chi connectivity index (χ4n) is 5.95. The molecule has 0 aliphatic carbocycles. The van der Waals surface area contributed by atoms with Crippen LogP contribution in [-0.4, -0.2) is 33.8 Å². The number of nitrogens with zero attached hydrogens (tertiary/aromatic N) is 1. The van der Waals surface area contributed by atoms with Crippen molar-refractivity contribution < 1.29 is 23.8 Å². The van der Waals surface area contributed by atoms with Crippen molar-refractivity contribution in [1.82, 2.24) is 4.57 Å². The average molecular weight is 583 g/mol. The molecule has 3 aromatic carbocycles. The Hall–Kier alpha value is -4.23. The van der Waals surface area contributed by atoms with Gasteiger partial charge < -0.3 is 19.7 Å². The molecular weight excluding hydrogens is 543 g/mol. The predicted octanol–water partition coefficient (Wildman–Crippen LogP) is 7.92. The zero-order valence-corrected chi connectivity index (χ0v) is 25.1. The van der Waals surface area contributed by atoms with Crippen molar-refractivity contribution in [3.05, 3.63) is 102 Å². The van der Waals surface area contributed by atoms with Gasteiger partial charge in [0.2, 0.25) is 0 Å². The Morgan fingerprint density at radius 3 is 2.21 bits per heavy atom. The van der Waals surface area contributed by atoms with E-state index in [1.807, 2.05) is 42.5 Å². The molecule has 1 amide bonds. The number of aliphatic hydroxyl groups is 1. The molecule has 1 aliphatic heterocycles. The molecule has 0 spiro atoms. The number of benzene rings is 3. The number of aliphatic hydroxyl groups excluding tert-OH is 1. The Morgan fingerprint density at radius 1 is 0.953 bits per heavy atom. The number of ether oxygens (including phenoxy) is 1. The second kappa shape index (κ2) is 13.0. The number of nitrogens with one attached hydrogen (secondary N) is 1. The SMILES string of the molecule is CC(C)c1ccc(-c2c(C(=O)Nc3ccccc3)c(C(C)C)n(CCC3CC(O)CC(=O)O3)c2-c2ccc(F)cc2)cc1. The number of halogens is 1. The van der Waals surface area contributed by atoms with Gasteiger partial charge in [0.25, 0.3) is 5.91 Å². The van der Waals surface area contributed by atoms with E-state index in [9.17, 15) is 19.1 Å². The Kier molecular flexibility index (Phi) is 9.11. The van der Waals surface area contributed by atoms with Crippen molar-refractivity contribution in [2.75, 3.05) is 5.32 Å². The third-order valence-corrected chi connectivity index (χ3v) is 8.00. The van der Waals surface area contributed by atoms with Gasteiger partial charge in [0, 0.05) is 36.3 Å². The molecule has 0 saturated carbocycles. The summed E-state index contributed by atoms with van der Waals surface area (Å²) in [6.45, 7) is 8.81. The summed E-state index contributed by atoms with van der Waals surface area (Å²) >= 11 is 0. The lowest BCUT2D eigenvalue weighted by Gasteiger charge is -2.27. The topological polar surface area (TPSA) is 80.6 Å². The number of carbonyl (C=O) groups is 2. The molecule has 0 bridgehead atoms. The van der Waals surface area contributed by atoms with E-state index in [0.717, 1.165) is 28.1 Å². The van der Waals surface area contributed by atoms with Crippen molar-refractivity contribution in [2.24, 2.45) is 0 Å². The van der Waals surface area contributed by atoms with Gasteiger partial charge in [-0.3, -0.25) is 9.59 Å². The number of hydrogen-bond donors (Lipinski definition) is 2. The summed E-state index contributed by atoms with van der Waals surface area (Å²) < 4.78 is 21.9. The van der Waals surface area contributed by atoms with Crippen LogP contribution in [-0.2, 0) is 16.1 Å². The molecule has 43 heavy (non-hydrogen) atoms. The Balaban J connectivity index is 1.73. The number of anilines is 1. The highest BCUT2D eigenvalue weighted by molar-refractivity contribution is 6.12. The number of carbonyl (C=O) groups excluding carboxylic acids is 2. The normalized spacial score (nSPS) is 16.9. The van der Waals surface area contributed by atoms with Gasteiger partial charge in [-0.2, -0.15) is 0 Å². The summed E-state index contributed by atoms with van der Waals surface area (Å²) in [6, 6.07) is 23.9. The first-order valence-corrected chi connectivity index (χ1v) is 15.0. The summed E-state index contributed by atoms with van der Waals surface area (Å²) in [5.74, 6) is -0.707. The molecule has 7 heteroatoms. The zero-order chi connectivity index (χ0) is 30.7. The summed E-state index contributed by atoms with van der Waals surface area (Å²) in [5, 5.41) is 13.3. The molecule has 224 valence electrons. The number of hydrogen-bond acceptors (Lipinski definition) is 4. The van der Waals surface area contributed by atoms with E-state index in [1.165, 1.54) is 17.7 Å². The standard InChI is InChI=1S/C36H39FN2O4/c1-22(2)24-10-12-25(13-11-24)32-33(36(42)38-28-8-6-5-7-9-28)34(23(3)4)39(35(32)26-14-16-27(37)17-15-26)19-18-30-20-29(40)21-31(41)43-30/h5-17,22-23,29-30,40H,18-21H2,1-4H3,(H,38,42). The van der Waals surface area contributed by atoms with E-state index >= 15 is 0 Å². The highest BCUT2D eigenvalue weighted by Crippen LogP contribution is 2.43. The quantitative estimate of drug-likeness (QED) is 0.197. The van der Waals surface area contributed by atoms with Gasteiger partial charge in [-0.1, -0.05) is 70.2 Å². The molecule has 4 aromatic rings. The highest BCUT2D eigenvalue weighted by atomic mass is 19.1. The molecular formula is C36H39FN2O4. The van der Waals surface area contributed by atoms with E-state index in [4.69, 9.17) is 4.74 Å². The lowest BCUT2D eigenvalue weighted by atomic mass is 9.92. The van der Waals surface area contributed by atoms with Gasteiger partial charge in [-0.15, -0.1) is 0 Å². The van der Waals surface area contributed by atoms with Crippen LogP contribution in [0.5, 0.6) is 0 Å². The van der Waals surface area contributed by atoms with Crippen LogP contribution in [0.2, 0.25) is 0 Å². The minimum absolute atomic E-state index is 0.00157. The molecule has 2 heterocycles.